The molecule has 150 valence electrons. The smallest absolute Gasteiger partial charge is 0.325 e. The summed E-state index contributed by atoms with van der Waals surface area (Å²) in [6.45, 7) is 0.441. The molecule has 0 spiro atoms. The number of urea groups is 1. The fourth-order valence-electron chi connectivity index (χ4n) is 2.54. The van der Waals surface area contributed by atoms with Gasteiger partial charge >= 0.3 is 6.03 Å². The van der Waals surface area contributed by atoms with Gasteiger partial charge < -0.3 is 15.4 Å². The molecule has 0 saturated heterocycles. The third-order valence-corrected chi connectivity index (χ3v) is 4.94. The molecule has 29 heavy (non-hydrogen) atoms. The minimum atomic E-state index is -0.454. The third-order valence-electron chi connectivity index (χ3n) is 3.93. The molecule has 0 atom stereocenters. The number of anilines is 2. The van der Waals surface area contributed by atoms with Crippen LogP contribution in [0.4, 0.5) is 15.6 Å². The number of nitrogens with one attached hydrogen (secondary N) is 3. The van der Waals surface area contributed by atoms with Crippen molar-refractivity contribution in [3.05, 3.63) is 70.2 Å². The van der Waals surface area contributed by atoms with E-state index in [0.29, 0.717) is 28.8 Å². The number of hydrogen-bond donors (Lipinski definition) is 3. The summed E-state index contributed by atoms with van der Waals surface area (Å²) in [4.78, 5) is 28.5. The maximum atomic E-state index is 12.3. The Balaban J connectivity index is 1.49. The van der Waals surface area contributed by atoms with Crippen LogP contribution < -0.4 is 20.7 Å². The fraction of sp³-hybridized carbons (Fsp3) is 0.150. The van der Waals surface area contributed by atoms with E-state index in [0.717, 1.165) is 11.3 Å². The monoisotopic (exact) mass is 430 g/mol. The number of para-hydroxylation sites is 1. The van der Waals surface area contributed by atoms with Crippen molar-refractivity contribution in [2.75, 3.05) is 24.3 Å². The van der Waals surface area contributed by atoms with Crippen LogP contribution in [-0.4, -0.2) is 30.6 Å². The number of thiazole rings is 1. The molecule has 0 saturated carbocycles. The highest BCUT2D eigenvalue weighted by molar-refractivity contribution is 7.14. The molecule has 0 aliphatic rings. The van der Waals surface area contributed by atoms with Gasteiger partial charge in [-0.2, -0.15) is 0 Å². The number of amides is 3. The lowest BCUT2D eigenvalue weighted by Gasteiger charge is -2.08. The van der Waals surface area contributed by atoms with Gasteiger partial charge in [-0.25, -0.2) is 9.78 Å². The summed E-state index contributed by atoms with van der Waals surface area (Å²) < 4.78 is 5.30. The molecule has 3 N–H and O–H groups in total. The first kappa shape index (κ1) is 20.6. The summed E-state index contributed by atoms with van der Waals surface area (Å²) in [5, 5.41) is 10.6. The zero-order chi connectivity index (χ0) is 20.6. The number of rotatable bonds is 7. The Morgan fingerprint density at radius 3 is 2.62 bits per heavy atom. The van der Waals surface area contributed by atoms with Gasteiger partial charge in [-0.3, -0.25) is 10.1 Å². The van der Waals surface area contributed by atoms with Crippen molar-refractivity contribution in [1.82, 2.24) is 10.3 Å². The molecule has 3 rings (SSSR count). The first-order valence-corrected chi connectivity index (χ1v) is 10.00. The summed E-state index contributed by atoms with van der Waals surface area (Å²) >= 11 is 6.99. The summed E-state index contributed by atoms with van der Waals surface area (Å²) in [7, 11) is 1.62. The third kappa shape index (κ3) is 5.94. The van der Waals surface area contributed by atoms with E-state index in [1.807, 2.05) is 24.3 Å². The molecule has 0 radical (unpaired) electrons. The summed E-state index contributed by atoms with van der Waals surface area (Å²) in [5.41, 5.74) is 1.85. The molecule has 1 heterocycles. The standard InChI is InChI=1S/C20H19ClN4O3S/c1-28-17-5-3-2-4-13(17)10-11-22-18(26)16-12-29-20(24-16)25-19(27)23-15-8-6-14(21)7-9-15/h2-9,12H,10-11H2,1H3,(H,22,26)(H2,23,24,25,27). The highest BCUT2D eigenvalue weighted by atomic mass is 35.5. The van der Waals surface area contributed by atoms with E-state index in [2.05, 4.69) is 20.9 Å². The minimum Gasteiger partial charge on any atom is -0.496 e. The Morgan fingerprint density at radius 1 is 1.10 bits per heavy atom. The lowest BCUT2D eigenvalue weighted by molar-refractivity contribution is 0.0950. The lowest BCUT2D eigenvalue weighted by atomic mass is 10.1. The Kier molecular flexibility index (Phi) is 7.04. The van der Waals surface area contributed by atoms with Crippen LogP contribution in [0.25, 0.3) is 0 Å². The average molecular weight is 431 g/mol. The second kappa shape index (κ2) is 9.90. The minimum absolute atomic E-state index is 0.247. The predicted octanol–water partition coefficient (Wildman–Crippen LogP) is 4.42. The van der Waals surface area contributed by atoms with E-state index in [-0.39, 0.29) is 11.6 Å². The van der Waals surface area contributed by atoms with Gasteiger partial charge in [-0.05, 0) is 42.3 Å². The first-order chi connectivity index (χ1) is 14.0. The van der Waals surface area contributed by atoms with Crippen molar-refractivity contribution in [1.29, 1.82) is 0 Å². The van der Waals surface area contributed by atoms with E-state index >= 15 is 0 Å². The van der Waals surface area contributed by atoms with Crippen LogP contribution >= 0.6 is 22.9 Å². The van der Waals surface area contributed by atoms with Crippen LogP contribution in [0.2, 0.25) is 5.02 Å². The van der Waals surface area contributed by atoms with Gasteiger partial charge in [0.1, 0.15) is 11.4 Å². The first-order valence-electron chi connectivity index (χ1n) is 8.74. The number of hydrogen-bond acceptors (Lipinski definition) is 5. The van der Waals surface area contributed by atoms with E-state index in [1.165, 1.54) is 11.3 Å². The zero-order valence-electron chi connectivity index (χ0n) is 15.6. The molecular weight excluding hydrogens is 412 g/mol. The van der Waals surface area contributed by atoms with E-state index in [1.54, 1.807) is 36.8 Å². The molecule has 7 nitrogen and oxygen atoms in total. The van der Waals surface area contributed by atoms with Crippen molar-refractivity contribution in [3.63, 3.8) is 0 Å². The molecular formula is C20H19ClN4O3S. The van der Waals surface area contributed by atoms with Crippen molar-refractivity contribution >= 4 is 45.7 Å². The number of nitrogens with zero attached hydrogens (tertiary/aromatic N) is 1. The number of methoxy groups -OCH3 is 1. The summed E-state index contributed by atoms with van der Waals surface area (Å²) in [5.74, 6) is 0.482. The van der Waals surface area contributed by atoms with Crippen molar-refractivity contribution < 1.29 is 14.3 Å². The van der Waals surface area contributed by atoms with Crippen molar-refractivity contribution in [3.8, 4) is 5.75 Å². The molecule has 0 fully saturated rings. The van der Waals surface area contributed by atoms with E-state index < -0.39 is 6.03 Å². The van der Waals surface area contributed by atoms with Gasteiger partial charge in [0, 0.05) is 22.6 Å². The van der Waals surface area contributed by atoms with Crippen molar-refractivity contribution in [2.45, 2.75) is 6.42 Å². The van der Waals surface area contributed by atoms with E-state index in [9.17, 15) is 9.59 Å². The zero-order valence-corrected chi connectivity index (χ0v) is 17.1. The molecule has 1 aromatic heterocycles. The van der Waals surface area contributed by atoms with Crippen LogP contribution in [0.3, 0.4) is 0 Å². The molecule has 3 amide bonds. The Morgan fingerprint density at radius 2 is 1.86 bits per heavy atom. The number of ether oxygens (including phenoxy) is 1. The Labute approximate surface area is 177 Å². The molecule has 3 aromatic rings. The van der Waals surface area contributed by atoms with Gasteiger partial charge in [0.15, 0.2) is 5.13 Å². The number of halogens is 1. The molecule has 0 bridgehead atoms. The fourth-order valence-corrected chi connectivity index (χ4v) is 3.35. The summed E-state index contributed by atoms with van der Waals surface area (Å²) in [6, 6.07) is 13.9. The normalized spacial score (nSPS) is 10.3. The quantitative estimate of drug-likeness (QED) is 0.517. The van der Waals surface area contributed by atoms with Gasteiger partial charge in [-0.15, -0.1) is 11.3 Å². The second-order valence-corrected chi connectivity index (χ2v) is 7.24. The average Bonchev–Trinajstić information content (AvgIpc) is 3.18. The molecule has 0 aliphatic carbocycles. The van der Waals surface area contributed by atoms with Gasteiger partial charge in [0.05, 0.1) is 7.11 Å². The van der Waals surface area contributed by atoms with E-state index in [4.69, 9.17) is 16.3 Å². The van der Waals surface area contributed by atoms with Crippen LogP contribution in [0, 0.1) is 0 Å². The SMILES string of the molecule is COc1ccccc1CCNC(=O)c1csc(NC(=O)Nc2ccc(Cl)cc2)n1. The van der Waals surface area contributed by atoms with Crippen molar-refractivity contribution in [2.24, 2.45) is 0 Å². The molecule has 9 heteroatoms. The van der Waals surface area contributed by atoms with Crippen LogP contribution in [-0.2, 0) is 6.42 Å². The highest BCUT2D eigenvalue weighted by Gasteiger charge is 2.12. The highest BCUT2D eigenvalue weighted by Crippen LogP contribution is 2.19. The molecule has 0 unspecified atom stereocenters. The number of carbonyl (C=O) groups excluding carboxylic acids is 2. The lowest BCUT2D eigenvalue weighted by Crippen LogP contribution is -2.26. The Bertz CT molecular complexity index is 991. The second-order valence-electron chi connectivity index (χ2n) is 5.94. The van der Waals surface area contributed by atoms with Gasteiger partial charge in [0.25, 0.3) is 5.91 Å². The maximum Gasteiger partial charge on any atom is 0.325 e. The molecule has 2 aromatic carbocycles. The Hall–Kier alpha value is -3.10. The predicted molar refractivity (Wildman–Crippen MR) is 115 cm³/mol. The number of benzene rings is 2. The van der Waals surface area contributed by atoms with Gasteiger partial charge in [0.2, 0.25) is 0 Å². The number of carbonyl (C=O) groups is 2. The van der Waals surface area contributed by atoms with Gasteiger partial charge in [-0.1, -0.05) is 29.8 Å². The maximum absolute atomic E-state index is 12.3. The largest absolute Gasteiger partial charge is 0.496 e. The topological polar surface area (TPSA) is 92.4 Å². The molecule has 0 aliphatic heterocycles. The van der Waals surface area contributed by atoms with Crippen LogP contribution in [0.1, 0.15) is 16.1 Å². The van der Waals surface area contributed by atoms with Crippen LogP contribution in [0.15, 0.2) is 53.9 Å². The van der Waals surface area contributed by atoms with Crippen LogP contribution in [0.5, 0.6) is 5.75 Å². The summed E-state index contributed by atoms with van der Waals surface area (Å²) in [6.07, 6.45) is 0.633. The number of aromatic nitrogens is 1.